The van der Waals surface area contributed by atoms with E-state index >= 15 is 0 Å². The van der Waals surface area contributed by atoms with Gasteiger partial charge in [-0.25, -0.2) is 17.9 Å². The number of fused-ring (bicyclic) bond motifs is 1. The summed E-state index contributed by atoms with van der Waals surface area (Å²) in [5, 5.41) is 4.27. The Kier molecular flexibility index (Phi) is 15.0. The number of guanidine groups is 1. The standard InChI is InChI=1S/C21H29N7O.C17H30N2O2S/c1-21(2,3)17-11-15-13-28(20(29)27-18(15)26-17)16-7-5-14(6-8-16)12-24-9-4-10-25-19(22)23;1-17(2,3)16-12-14(7-5-6-9-18)11-15(13-16)8-10-19-22(4,20)21/h5-8,11,13,24H,4,9-10,12H2,1-3H3,(H4,22,23,25)(H,26,27,29);11-13,19H,5-10,18H2,1-4H3. The number of aromatic nitrogens is 3. The number of hydrogen-bond acceptors (Lipinski definition) is 7. The zero-order chi connectivity index (χ0) is 37.8. The number of rotatable bonds is 15. The number of sulfonamides is 1. The summed E-state index contributed by atoms with van der Waals surface area (Å²) in [6.45, 7) is 16.3. The van der Waals surface area contributed by atoms with Gasteiger partial charge in [0, 0.05) is 42.3 Å². The van der Waals surface area contributed by atoms with Crippen LogP contribution in [-0.4, -0.2) is 61.3 Å². The fraction of sp³-hybridized carbons (Fsp3) is 0.500. The van der Waals surface area contributed by atoms with Gasteiger partial charge in [-0.1, -0.05) is 71.9 Å². The van der Waals surface area contributed by atoms with Crippen molar-refractivity contribution in [2.45, 2.75) is 91.0 Å². The van der Waals surface area contributed by atoms with Gasteiger partial charge in [0.1, 0.15) is 5.65 Å². The van der Waals surface area contributed by atoms with Gasteiger partial charge in [0.25, 0.3) is 0 Å². The lowest BCUT2D eigenvalue weighted by Crippen LogP contribution is -2.24. The molecule has 4 aromatic rings. The minimum atomic E-state index is -3.12. The van der Waals surface area contributed by atoms with E-state index in [0.29, 0.717) is 25.2 Å². The van der Waals surface area contributed by atoms with E-state index in [0.717, 1.165) is 67.6 Å². The van der Waals surface area contributed by atoms with Crippen molar-refractivity contribution in [3.8, 4) is 5.69 Å². The molecule has 4 rings (SSSR count). The summed E-state index contributed by atoms with van der Waals surface area (Å²) in [6, 6.07) is 16.6. The summed E-state index contributed by atoms with van der Waals surface area (Å²) in [5.74, 6) is 0.123. The van der Waals surface area contributed by atoms with Crippen LogP contribution in [0.15, 0.2) is 64.5 Å². The lowest BCUT2D eigenvalue weighted by molar-refractivity contribution is 0.574. The van der Waals surface area contributed by atoms with E-state index in [4.69, 9.17) is 17.2 Å². The second-order valence-electron chi connectivity index (χ2n) is 15.1. The first-order valence-electron chi connectivity index (χ1n) is 17.6. The third-order valence-electron chi connectivity index (χ3n) is 8.28. The molecule has 9 N–H and O–H groups in total. The molecule has 2 aromatic carbocycles. The van der Waals surface area contributed by atoms with Crippen molar-refractivity contribution >= 4 is 27.0 Å². The lowest BCUT2D eigenvalue weighted by Gasteiger charge is -2.21. The Bertz CT molecular complexity index is 1900. The highest BCUT2D eigenvalue weighted by atomic mass is 32.2. The summed E-state index contributed by atoms with van der Waals surface area (Å²) in [7, 11) is -3.12. The van der Waals surface area contributed by atoms with Crippen molar-refractivity contribution in [3.05, 3.63) is 93.2 Å². The first-order chi connectivity index (χ1) is 23.9. The third kappa shape index (κ3) is 14.2. The molecule has 0 amide bonds. The molecule has 2 heterocycles. The van der Waals surface area contributed by atoms with Crippen LogP contribution in [0.2, 0.25) is 0 Å². The van der Waals surface area contributed by atoms with Crippen molar-refractivity contribution in [2.75, 3.05) is 32.4 Å². The zero-order valence-electron chi connectivity index (χ0n) is 31.5. The molecule has 280 valence electrons. The molecule has 13 heteroatoms. The van der Waals surface area contributed by atoms with Gasteiger partial charge in [0.2, 0.25) is 10.0 Å². The Hall–Kier alpha value is -4.04. The fourth-order valence-electron chi connectivity index (χ4n) is 5.34. The maximum Gasteiger partial charge on any atom is 0.354 e. The van der Waals surface area contributed by atoms with E-state index < -0.39 is 10.0 Å². The second-order valence-corrected chi connectivity index (χ2v) is 16.9. The van der Waals surface area contributed by atoms with Gasteiger partial charge in [-0.15, -0.1) is 0 Å². The van der Waals surface area contributed by atoms with E-state index in [-0.39, 0.29) is 22.5 Å². The largest absolute Gasteiger partial charge is 0.370 e. The minimum absolute atomic E-state index is 0.0352. The number of aliphatic imine (C=N–C) groups is 1. The molecular weight excluding hydrogens is 663 g/mol. The molecule has 0 spiro atoms. The topological polar surface area (TPSA) is 199 Å². The van der Waals surface area contributed by atoms with Gasteiger partial charge in [0.05, 0.1) is 11.9 Å². The van der Waals surface area contributed by atoms with Gasteiger partial charge in [-0.05, 0) is 91.1 Å². The van der Waals surface area contributed by atoms with E-state index in [1.54, 1.807) is 4.57 Å². The number of unbranched alkanes of at least 4 members (excludes halogenated alkanes) is 1. The average molecular weight is 722 g/mol. The monoisotopic (exact) mass is 721 g/mol. The third-order valence-corrected chi connectivity index (χ3v) is 9.01. The van der Waals surface area contributed by atoms with Crippen LogP contribution in [0.1, 0.15) is 88.8 Å². The molecule has 0 saturated carbocycles. The van der Waals surface area contributed by atoms with Crippen LogP contribution in [0.3, 0.4) is 0 Å². The molecule has 0 aliphatic heterocycles. The molecule has 0 radical (unpaired) electrons. The molecule has 0 fully saturated rings. The maximum absolute atomic E-state index is 12.5. The number of hydrogen-bond donors (Lipinski definition) is 6. The van der Waals surface area contributed by atoms with Gasteiger partial charge < -0.3 is 27.5 Å². The predicted molar refractivity (Wildman–Crippen MR) is 211 cm³/mol. The lowest BCUT2D eigenvalue weighted by atomic mass is 9.84. The zero-order valence-corrected chi connectivity index (χ0v) is 32.3. The van der Waals surface area contributed by atoms with Crippen LogP contribution >= 0.6 is 0 Å². The molecule has 2 aromatic heterocycles. The highest BCUT2D eigenvalue weighted by Gasteiger charge is 2.18. The van der Waals surface area contributed by atoms with Crippen LogP contribution in [0.5, 0.6) is 0 Å². The summed E-state index contributed by atoms with van der Waals surface area (Å²) in [5.41, 5.74) is 23.3. The molecule has 0 unspecified atom stereocenters. The Morgan fingerprint density at radius 3 is 2.14 bits per heavy atom. The SMILES string of the molecule is CC(C)(C)c1cc(CCCCN)cc(CCNS(C)(=O)=O)c1.CC(C)(C)c1cc2cn(-c3ccc(CNCCCN=C(N)N)cc3)c(=O)nc2[nH]1. The molecule has 0 atom stereocenters. The van der Waals surface area contributed by atoms with Crippen molar-refractivity contribution in [1.29, 1.82) is 0 Å². The van der Waals surface area contributed by atoms with Gasteiger partial charge in [-0.2, -0.15) is 4.98 Å². The number of nitrogens with zero attached hydrogens (tertiary/aromatic N) is 3. The van der Waals surface area contributed by atoms with Crippen molar-refractivity contribution < 1.29 is 8.42 Å². The average Bonchev–Trinajstić information content (AvgIpc) is 3.46. The number of nitrogens with two attached hydrogens (primary N) is 3. The van der Waals surface area contributed by atoms with Crippen LogP contribution in [0.4, 0.5) is 0 Å². The normalized spacial score (nSPS) is 12.1. The number of H-pyrrole nitrogens is 1. The Morgan fingerprint density at radius 2 is 1.55 bits per heavy atom. The number of benzene rings is 2. The van der Waals surface area contributed by atoms with E-state index in [1.165, 1.54) is 22.9 Å². The molecule has 0 bridgehead atoms. The first-order valence-corrected chi connectivity index (χ1v) is 19.5. The fourth-order valence-corrected chi connectivity index (χ4v) is 5.81. The highest BCUT2D eigenvalue weighted by Crippen LogP contribution is 2.26. The summed E-state index contributed by atoms with van der Waals surface area (Å²) < 4.78 is 26.5. The van der Waals surface area contributed by atoms with Gasteiger partial charge >= 0.3 is 5.69 Å². The molecule has 0 saturated heterocycles. The number of aromatic amines is 1. The second kappa shape index (κ2) is 18.5. The van der Waals surface area contributed by atoms with E-state index in [9.17, 15) is 13.2 Å². The van der Waals surface area contributed by atoms with E-state index in [1.807, 2.05) is 30.5 Å². The Balaban J connectivity index is 0.000000287. The first kappa shape index (κ1) is 41.4. The van der Waals surface area contributed by atoms with Crippen molar-refractivity contribution in [2.24, 2.45) is 22.2 Å². The van der Waals surface area contributed by atoms with Crippen LogP contribution in [0.25, 0.3) is 16.7 Å². The summed E-state index contributed by atoms with van der Waals surface area (Å²) in [4.78, 5) is 23.9. The molecular formula is C38H59N9O3S. The number of aryl methyl sites for hydroxylation is 1. The van der Waals surface area contributed by atoms with E-state index in [2.05, 4.69) is 90.8 Å². The smallest absolute Gasteiger partial charge is 0.354 e. The Labute approximate surface area is 303 Å². The highest BCUT2D eigenvalue weighted by molar-refractivity contribution is 7.88. The quantitative estimate of drug-likeness (QED) is 0.0598. The number of nitrogens with one attached hydrogen (secondary N) is 3. The molecule has 51 heavy (non-hydrogen) atoms. The minimum Gasteiger partial charge on any atom is -0.370 e. The van der Waals surface area contributed by atoms with Crippen molar-refractivity contribution in [3.63, 3.8) is 0 Å². The van der Waals surface area contributed by atoms with Gasteiger partial charge in [0.15, 0.2) is 5.96 Å². The van der Waals surface area contributed by atoms with Crippen LogP contribution < -0.4 is 32.9 Å². The summed E-state index contributed by atoms with van der Waals surface area (Å²) in [6.07, 6.45) is 7.75. The maximum atomic E-state index is 12.5. The Morgan fingerprint density at radius 1 is 0.882 bits per heavy atom. The predicted octanol–water partition coefficient (Wildman–Crippen LogP) is 4.12. The molecule has 0 aliphatic rings. The molecule has 12 nitrogen and oxygen atoms in total. The van der Waals surface area contributed by atoms with Crippen molar-refractivity contribution in [1.82, 2.24) is 24.6 Å². The van der Waals surface area contributed by atoms with Gasteiger partial charge in [-0.3, -0.25) is 9.56 Å². The molecule has 0 aliphatic carbocycles. The van der Waals surface area contributed by atoms with Crippen LogP contribution in [0, 0.1) is 0 Å². The van der Waals surface area contributed by atoms with Crippen LogP contribution in [-0.2, 0) is 40.2 Å². The summed E-state index contributed by atoms with van der Waals surface area (Å²) >= 11 is 0.